The Hall–Kier alpha value is -2.46. The van der Waals surface area contributed by atoms with Crippen molar-refractivity contribution in [3.8, 4) is 5.75 Å². The predicted octanol–water partition coefficient (Wildman–Crippen LogP) is 4.42. The number of hydrogen-bond donors (Lipinski definition) is 0. The van der Waals surface area contributed by atoms with Crippen LogP contribution in [0.5, 0.6) is 5.75 Å². The van der Waals surface area contributed by atoms with Crippen LogP contribution < -0.4 is 4.74 Å². The number of nitrogens with zero attached hydrogens (tertiary/aromatic N) is 1. The Labute approximate surface area is 153 Å². The molecule has 1 heterocycles. The Morgan fingerprint density at radius 3 is 2.62 bits per heavy atom. The summed E-state index contributed by atoms with van der Waals surface area (Å²) < 4.78 is 18.8. The van der Waals surface area contributed by atoms with Gasteiger partial charge in [-0.15, -0.1) is 0 Å². The summed E-state index contributed by atoms with van der Waals surface area (Å²) >= 11 is 0. The zero-order chi connectivity index (χ0) is 18.3. The molecular weight excluding hydrogens is 329 g/mol. The van der Waals surface area contributed by atoms with Crippen molar-refractivity contribution >= 4 is 12.1 Å². The van der Waals surface area contributed by atoms with E-state index in [2.05, 4.69) is 11.5 Å². The summed E-state index contributed by atoms with van der Waals surface area (Å²) in [5, 5.41) is 0. The number of halogens is 1. The van der Waals surface area contributed by atoms with Gasteiger partial charge in [0.05, 0.1) is 13.2 Å². The van der Waals surface area contributed by atoms with E-state index in [-0.39, 0.29) is 11.5 Å². The first-order valence-electron chi connectivity index (χ1n) is 8.88. The van der Waals surface area contributed by atoms with Crippen molar-refractivity contribution in [2.75, 3.05) is 13.7 Å². The van der Waals surface area contributed by atoms with Gasteiger partial charge in [0, 0.05) is 24.1 Å². The Morgan fingerprint density at radius 2 is 2.04 bits per heavy atom. The molecule has 2 aliphatic rings. The molecule has 4 heteroatoms. The Bertz CT molecular complexity index is 855. The van der Waals surface area contributed by atoms with Gasteiger partial charge in [0.25, 0.3) is 0 Å². The summed E-state index contributed by atoms with van der Waals surface area (Å²) in [4.78, 5) is 14.2. The molecule has 1 spiro atoms. The standard InChI is InChI=1S/C22H22FNO2/c1-15(23)17-5-8-19-20(11-17)22(9-10-22)14-24(21(19)13-25)12-16-3-6-18(26-2)7-4-16/h3-8,11,13,21H,1,9-10,12,14H2,2H3. The van der Waals surface area contributed by atoms with Gasteiger partial charge in [-0.25, -0.2) is 4.39 Å². The third-order valence-electron chi connectivity index (χ3n) is 5.68. The van der Waals surface area contributed by atoms with E-state index in [9.17, 15) is 9.18 Å². The predicted molar refractivity (Wildman–Crippen MR) is 99.7 cm³/mol. The molecule has 1 fully saturated rings. The highest BCUT2D eigenvalue weighted by atomic mass is 19.1. The van der Waals surface area contributed by atoms with Crippen molar-refractivity contribution < 1.29 is 13.9 Å². The Balaban J connectivity index is 1.67. The van der Waals surface area contributed by atoms with Crippen molar-refractivity contribution in [2.24, 2.45) is 0 Å². The molecule has 0 amide bonds. The molecule has 3 nitrogen and oxygen atoms in total. The summed E-state index contributed by atoms with van der Waals surface area (Å²) in [5.41, 5.74) is 3.83. The Kier molecular flexibility index (Phi) is 4.16. The molecule has 0 radical (unpaired) electrons. The highest BCUT2D eigenvalue weighted by molar-refractivity contribution is 5.68. The molecule has 0 bridgehead atoms. The fourth-order valence-electron chi connectivity index (χ4n) is 4.07. The van der Waals surface area contributed by atoms with Gasteiger partial charge in [-0.1, -0.05) is 30.8 Å². The largest absolute Gasteiger partial charge is 0.497 e. The third-order valence-corrected chi connectivity index (χ3v) is 5.68. The fraction of sp³-hybridized carbons (Fsp3) is 0.318. The number of hydrogen-bond acceptors (Lipinski definition) is 3. The smallest absolute Gasteiger partial charge is 0.141 e. The van der Waals surface area contributed by atoms with Crippen LogP contribution in [0, 0.1) is 0 Å². The topological polar surface area (TPSA) is 29.5 Å². The third kappa shape index (κ3) is 2.84. The van der Waals surface area contributed by atoms with Crippen LogP contribution >= 0.6 is 0 Å². The molecule has 0 saturated heterocycles. The summed E-state index contributed by atoms with van der Waals surface area (Å²) in [5.74, 6) is 0.397. The molecule has 26 heavy (non-hydrogen) atoms. The van der Waals surface area contributed by atoms with Crippen LogP contribution in [0.25, 0.3) is 5.83 Å². The zero-order valence-corrected chi connectivity index (χ0v) is 14.9. The molecule has 1 atom stereocenters. The maximum absolute atomic E-state index is 13.6. The van der Waals surface area contributed by atoms with E-state index in [1.54, 1.807) is 13.2 Å². The van der Waals surface area contributed by atoms with Crippen LogP contribution in [0.2, 0.25) is 0 Å². The molecule has 0 aromatic heterocycles. The molecule has 1 aliphatic carbocycles. The maximum Gasteiger partial charge on any atom is 0.141 e. The van der Waals surface area contributed by atoms with Gasteiger partial charge in [-0.05, 0) is 47.7 Å². The van der Waals surface area contributed by atoms with Crippen LogP contribution in [0.1, 0.15) is 41.1 Å². The Morgan fingerprint density at radius 1 is 1.31 bits per heavy atom. The van der Waals surface area contributed by atoms with Gasteiger partial charge in [0.1, 0.15) is 17.9 Å². The van der Waals surface area contributed by atoms with Crippen molar-refractivity contribution in [3.63, 3.8) is 0 Å². The van der Waals surface area contributed by atoms with Crippen LogP contribution in [0.15, 0.2) is 49.0 Å². The van der Waals surface area contributed by atoms with Crippen LogP contribution in [-0.2, 0) is 16.8 Å². The second kappa shape index (κ2) is 6.36. The number of benzene rings is 2. The molecule has 1 aliphatic heterocycles. The van der Waals surface area contributed by atoms with E-state index in [0.717, 1.165) is 48.1 Å². The van der Waals surface area contributed by atoms with E-state index < -0.39 is 5.83 Å². The van der Waals surface area contributed by atoms with Gasteiger partial charge in [0.2, 0.25) is 0 Å². The van der Waals surface area contributed by atoms with E-state index >= 15 is 0 Å². The van der Waals surface area contributed by atoms with E-state index in [0.29, 0.717) is 12.1 Å². The zero-order valence-electron chi connectivity index (χ0n) is 14.9. The normalized spacial score (nSPS) is 20.5. The summed E-state index contributed by atoms with van der Waals surface area (Å²) in [6.07, 6.45) is 3.15. The number of aldehydes is 1. The van der Waals surface area contributed by atoms with Crippen molar-refractivity contribution in [1.82, 2.24) is 4.90 Å². The van der Waals surface area contributed by atoms with Crippen LogP contribution in [0.3, 0.4) is 0 Å². The lowest BCUT2D eigenvalue weighted by molar-refractivity contribution is -0.113. The van der Waals surface area contributed by atoms with Gasteiger partial charge < -0.3 is 9.53 Å². The van der Waals surface area contributed by atoms with Gasteiger partial charge >= 0.3 is 0 Å². The van der Waals surface area contributed by atoms with E-state index in [1.807, 2.05) is 36.4 Å². The number of carbonyl (C=O) groups is 1. The molecule has 2 aromatic rings. The summed E-state index contributed by atoms with van der Waals surface area (Å²) in [6, 6.07) is 13.2. The van der Waals surface area contributed by atoms with Crippen molar-refractivity contribution in [3.05, 3.63) is 71.3 Å². The van der Waals surface area contributed by atoms with Crippen LogP contribution in [0.4, 0.5) is 4.39 Å². The number of ether oxygens (including phenoxy) is 1. The molecule has 1 unspecified atom stereocenters. The first-order chi connectivity index (χ1) is 12.6. The SMILES string of the molecule is C=C(F)c1ccc2c(c1)C1(CC1)CN(Cc1ccc(OC)cc1)C2C=O. The molecular formula is C22H22FNO2. The molecule has 134 valence electrons. The first-order valence-corrected chi connectivity index (χ1v) is 8.88. The average Bonchev–Trinajstić information content (AvgIpc) is 3.42. The lowest BCUT2D eigenvalue weighted by Crippen LogP contribution is -2.41. The second-order valence-corrected chi connectivity index (χ2v) is 7.32. The lowest BCUT2D eigenvalue weighted by Gasteiger charge is -2.39. The highest BCUT2D eigenvalue weighted by Crippen LogP contribution is 2.55. The van der Waals surface area contributed by atoms with Gasteiger partial charge in [0.15, 0.2) is 0 Å². The molecule has 0 N–H and O–H groups in total. The van der Waals surface area contributed by atoms with Crippen molar-refractivity contribution in [1.29, 1.82) is 0 Å². The molecule has 2 aromatic carbocycles. The maximum atomic E-state index is 13.6. The first kappa shape index (κ1) is 17.0. The number of methoxy groups -OCH3 is 1. The molecule has 1 saturated carbocycles. The minimum atomic E-state index is -0.424. The monoisotopic (exact) mass is 351 g/mol. The van der Waals surface area contributed by atoms with Gasteiger partial charge in [-0.2, -0.15) is 0 Å². The number of rotatable bonds is 5. The second-order valence-electron chi connectivity index (χ2n) is 7.32. The van der Waals surface area contributed by atoms with Gasteiger partial charge in [-0.3, -0.25) is 4.90 Å². The quantitative estimate of drug-likeness (QED) is 0.747. The van der Waals surface area contributed by atoms with Crippen LogP contribution in [-0.4, -0.2) is 24.8 Å². The summed E-state index contributed by atoms with van der Waals surface area (Å²) in [7, 11) is 1.65. The highest BCUT2D eigenvalue weighted by Gasteiger charge is 2.51. The molecule has 4 rings (SSSR count). The number of fused-ring (bicyclic) bond motifs is 2. The number of carbonyl (C=O) groups excluding carboxylic acids is 1. The van der Waals surface area contributed by atoms with E-state index in [1.165, 1.54) is 0 Å². The van der Waals surface area contributed by atoms with Crippen molar-refractivity contribution in [2.45, 2.75) is 30.8 Å². The minimum absolute atomic E-state index is 0.0484. The summed E-state index contributed by atoms with van der Waals surface area (Å²) in [6.45, 7) is 4.93. The fourth-order valence-corrected chi connectivity index (χ4v) is 4.07. The van der Waals surface area contributed by atoms with E-state index in [4.69, 9.17) is 4.74 Å². The average molecular weight is 351 g/mol. The lowest BCUT2D eigenvalue weighted by atomic mass is 9.82. The minimum Gasteiger partial charge on any atom is -0.497 e.